The van der Waals surface area contributed by atoms with Crippen LogP contribution in [0.2, 0.25) is 5.15 Å². The summed E-state index contributed by atoms with van der Waals surface area (Å²) in [7, 11) is 2.73. The maximum atomic E-state index is 13.7. The van der Waals surface area contributed by atoms with Gasteiger partial charge in [0.1, 0.15) is 16.3 Å². The van der Waals surface area contributed by atoms with Crippen LogP contribution < -0.4 is 10.1 Å². The van der Waals surface area contributed by atoms with E-state index in [1.165, 1.54) is 14.2 Å². The number of ether oxygens (including phenoxy) is 2. The number of carbonyl (C=O) groups is 3. The lowest BCUT2D eigenvalue weighted by Gasteiger charge is -2.50. The van der Waals surface area contributed by atoms with E-state index in [0.29, 0.717) is 5.69 Å². The van der Waals surface area contributed by atoms with Crippen molar-refractivity contribution >= 4 is 35.1 Å². The Morgan fingerprint density at radius 2 is 1.82 bits per heavy atom. The quantitative estimate of drug-likeness (QED) is 0.465. The summed E-state index contributed by atoms with van der Waals surface area (Å²) in [4.78, 5) is 43.5. The fourth-order valence-corrected chi connectivity index (χ4v) is 4.17. The van der Waals surface area contributed by atoms with Crippen LogP contribution in [0.1, 0.15) is 43.7 Å². The van der Waals surface area contributed by atoms with Crippen molar-refractivity contribution in [1.29, 1.82) is 0 Å². The molecule has 1 aliphatic heterocycles. The van der Waals surface area contributed by atoms with E-state index in [1.54, 1.807) is 17.0 Å². The zero-order valence-electron chi connectivity index (χ0n) is 19.2. The van der Waals surface area contributed by atoms with E-state index in [9.17, 15) is 14.4 Å². The molecule has 2 amide bonds. The number of rotatable bonds is 8. The minimum Gasteiger partial charge on any atom is -0.479 e. The van der Waals surface area contributed by atoms with Gasteiger partial charge in [-0.15, -0.1) is 0 Å². The van der Waals surface area contributed by atoms with E-state index in [2.05, 4.69) is 28.9 Å². The molecule has 1 aliphatic rings. The number of hydrogen-bond donors (Lipinski definition) is 1. The number of carbonyl (C=O) groups excluding carboxylic acids is 3. The molecule has 0 bridgehead atoms. The molecule has 0 spiro atoms. The molecule has 0 unspecified atom stereocenters. The predicted octanol–water partition coefficient (Wildman–Crippen LogP) is 3.54. The Morgan fingerprint density at radius 1 is 1.12 bits per heavy atom. The number of pyridine rings is 1. The maximum absolute atomic E-state index is 13.7. The highest BCUT2D eigenvalue weighted by atomic mass is 35.5. The van der Waals surface area contributed by atoms with Crippen LogP contribution >= 0.6 is 11.6 Å². The minimum atomic E-state index is -0.952. The first kappa shape index (κ1) is 24.5. The number of halogens is 1. The lowest BCUT2D eigenvalue weighted by Crippen LogP contribution is -2.66. The third kappa shape index (κ3) is 5.11. The Bertz CT molecular complexity index is 1050. The first-order valence-electron chi connectivity index (χ1n) is 10.7. The van der Waals surface area contributed by atoms with Crippen molar-refractivity contribution in [2.75, 3.05) is 32.6 Å². The predicted molar refractivity (Wildman–Crippen MR) is 124 cm³/mol. The molecule has 0 aliphatic carbocycles. The molecule has 0 atom stereocenters. The first-order valence-corrected chi connectivity index (χ1v) is 11.1. The molecule has 0 saturated carbocycles. The highest BCUT2D eigenvalue weighted by molar-refractivity contribution is 6.29. The Morgan fingerprint density at radius 3 is 2.45 bits per heavy atom. The highest BCUT2D eigenvalue weighted by Gasteiger charge is 2.53. The zero-order chi connectivity index (χ0) is 24.2. The molecule has 1 aromatic carbocycles. The Balaban J connectivity index is 1.91. The van der Waals surface area contributed by atoms with Crippen LogP contribution in [0.15, 0.2) is 36.4 Å². The van der Waals surface area contributed by atoms with Crippen LogP contribution in [-0.2, 0) is 24.5 Å². The summed E-state index contributed by atoms with van der Waals surface area (Å²) in [6.07, 6.45) is 0.0341. The first-order chi connectivity index (χ1) is 15.7. The fourth-order valence-electron chi connectivity index (χ4n) is 4.03. The summed E-state index contributed by atoms with van der Waals surface area (Å²) in [6.45, 7) is 4.53. The van der Waals surface area contributed by atoms with E-state index >= 15 is 0 Å². The van der Waals surface area contributed by atoms with E-state index in [0.717, 1.165) is 11.1 Å². The van der Waals surface area contributed by atoms with Gasteiger partial charge in [0.05, 0.1) is 20.6 Å². The van der Waals surface area contributed by atoms with Crippen LogP contribution in [0.5, 0.6) is 5.88 Å². The van der Waals surface area contributed by atoms with Gasteiger partial charge in [-0.25, -0.2) is 0 Å². The van der Waals surface area contributed by atoms with Crippen molar-refractivity contribution in [2.45, 2.75) is 38.0 Å². The van der Waals surface area contributed by atoms with Gasteiger partial charge >= 0.3 is 5.97 Å². The van der Waals surface area contributed by atoms with Crippen molar-refractivity contribution in [1.82, 2.24) is 9.88 Å². The SMILES string of the molecule is COC(=O)CCC(=O)N1CC(C(=O)Nc2ccc(Cl)nc2OC)(c2ccccc2C(C)C)C1. The molecule has 33 heavy (non-hydrogen) atoms. The van der Waals surface area contributed by atoms with Gasteiger partial charge in [-0.2, -0.15) is 4.98 Å². The summed E-state index contributed by atoms with van der Waals surface area (Å²) < 4.78 is 9.88. The molecule has 1 saturated heterocycles. The number of esters is 1. The third-order valence-electron chi connectivity index (χ3n) is 5.85. The second-order valence-corrected chi connectivity index (χ2v) is 8.68. The number of benzene rings is 1. The van der Waals surface area contributed by atoms with Crippen molar-refractivity contribution in [3.63, 3.8) is 0 Å². The summed E-state index contributed by atoms with van der Waals surface area (Å²) in [5.41, 5.74) is 1.35. The number of nitrogens with one attached hydrogen (secondary N) is 1. The number of methoxy groups -OCH3 is 2. The maximum Gasteiger partial charge on any atom is 0.306 e. The van der Waals surface area contributed by atoms with Crippen molar-refractivity contribution in [3.05, 3.63) is 52.7 Å². The Kier molecular flexibility index (Phi) is 7.58. The van der Waals surface area contributed by atoms with Gasteiger partial charge in [0.2, 0.25) is 17.7 Å². The van der Waals surface area contributed by atoms with Crippen molar-refractivity contribution in [2.24, 2.45) is 0 Å². The lowest BCUT2D eigenvalue weighted by molar-refractivity contribution is -0.148. The smallest absolute Gasteiger partial charge is 0.306 e. The van der Waals surface area contributed by atoms with Crippen LogP contribution in [-0.4, -0.2) is 55.0 Å². The number of aromatic nitrogens is 1. The molecule has 1 fully saturated rings. The Labute approximate surface area is 198 Å². The highest BCUT2D eigenvalue weighted by Crippen LogP contribution is 2.40. The van der Waals surface area contributed by atoms with E-state index in [1.807, 2.05) is 24.3 Å². The van der Waals surface area contributed by atoms with Gasteiger partial charge in [0.25, 0.3) is 0 Å². The largest absolute Gasteiger partial charge is 0.479 e. The van der Waals surface area contributed by atoms with Crippen LogP contribution in [0.25, 0.3) is 0 Å². The van der Waals surface area contributed by atoms with Crippen molar-refractivity contribution < 1.29 is 23.9 Å². The van der Waals surface area contributed by atoms with Crippen LogP contribution in [0.4, 0.5) is 5.69 Å². The molecule has 176 valence electrons. The standard InChI is InChI=1S/C24H28ClN3O5/c1-15(2)16-7-5-6-8-17(16)24(13-28(14-24)20(29)11-12-21(30)32-3)23(31)26-18-9-10-19(25)27-22(18)33-4/h5-10,15H,11-14H2,1-4H3,(H,26,31). The van der Waals surface area contributed by atoms with Crippen molar-refractivity contribution in [3.8, 4) is 5.88 Å². The molecular formula is C24H28ClN3O5. The van der Waals surface area contributed by atoms with Crippen LogP contribution in [0, 0.1) is 0 Å². The summed E-state index contributed by atoms with van der Waals surface area (Å²) in [5, 5.41) is 3.16. The monoisotopic (exact) mass is 473 g/mol. The molecule has 1 N–H and O–H groups in total. The average Bonchev–Trinajstić information content (AvgIpc) is 2.78. The minimum absolute atomic E-state index is 0.00124. The van der Waals surface area contributed by atoms with E-state index < -0.39 is 11.4 Å². The molecule has 0 radical (unpaired) electrons. The normalized spacial score (nSPS) is 14.4. The van der Waals surface area contributed by atoms with Gasteiger partial charge in [-0.3, -0.25) is 14.4 Å². The molecule has 8 nitrogen and oxygen atoms in total. The van der Waals surface area contributed by atoms with Gasteiger partial charge in [-0.1, -0.05) is 49.7 Å². The average molecular weight is 474 g/mol. The second kappa shape index (κ2) is 10.2. The number of amides is 2. The van der Waals surface area contributed by atoms with Gasteiger partial charge < -0.3 is 19.7 Å². The molecule has 9 heteroatoms. The van der Waals surface area contributed by atoms with E-state index in [-0.39, 0.29) is 54.7 Å². The fraction of sp³-hybridized carbons (Fsp3) is 0.417. The summed E-state index contributed by atoms with van der Waals surface area (Å²) >= 11 is 5.95. The second-order valence-electron chi connectivity index (χ2n) is 8.29. The molecule has 2 heterocycles. The molecule has 3 rings (SSSR count). The molecule has 2 aromatic rings. The van der Waals surface area contributed by atoms with Gasteiger partial charge in [0.15, 0.2) is 0 Å². The summed E-state index contributed by atoms with van der Waals surface area (Å²) in [5.74, 6) is -0.526. The number of likely N-dealkylation sites (tertiary alicyclic amines) is 1. The number of nitrogens with zero attached hydrogens (tertiary/aromatic N) is 2. The van der Waals surface area contributed by atoms with Gasteiger partial charge in [-0.05, 0) is 29.2 Å². The van der Waals surface area contributed by atoms with E-state index in [4.69, 9.17) is 16.3 Å². The Hall–Kier alpha value is -3.13. The van der Waals surface area contributed by atoms with Crippen LogP contribution in [0.3, 0.4) is 0 Å². The zero-order valence-corrected chi connectivity index (χ0v) is 19.9. The summed E-state index contributed by atoms with van der Waals surface area (Å²) in [6, 6.07) is 11.0. The lowest BCUT2D eigenvalue weighted by atomic mass is 9.69. The number of anilines is 1. The topological polar surface area (TPSA) is 97.8 Å². The molecule has 1 aromatic heterocycles. The molecular weight excluding hydrogens is 446 g/mol. The third-order valence-corrected chi connectivity index (χ3v) is 6.06. The van der Waals surface area contributed by atoms with Gasteiger partial charge in [0, 0.05) is 19.5 Å². The number of hydrogen-bond acceptors (Lipinski definition) is 6.